The van der Waals surface area contributed by atoms with E-state index >= 15 is 0 Å². The van der Waals surface area contributed by atoms with Crippen molar-refractivity contribution in [3.8, 4) is 0 Å². The summed E-state index contributed by atoms with van der Waals surface area (Å²) in [6.45, 7) is 5.62. The first kappa shape index (κ1) is 13.6. The van der Waals surface area contributed by atoms with Gasteiger partial charge in [-0.15, -0.1) is 22.7 Å². The Morgan fingerprint density at radius 1 is 1.39 bits per heavy atom. The summed E-state index contributed by atoms with van der Waals surface area (Å²) in [6, 6.07) is 0.0811. The third-order valence-corrected chi connectivity index (χ3v) is 4.62. The Balaban J connectivity index is 2.19. The SMILES string of the molecule is COCCNC(c1nccs1)c1nc(C)c(C)s1. The number of rotatable bonds is 6. The van der Waals surface area contributed by atoms with Crippen molar-refractivity contribution in [2.45, 2.75) is 19.9 Å². The van der Waals surface area contributed by atoms with Crippen LogP contribution < -0.4 is 5.32 Å². The summed E-state index contributed by atoms with van der Waals surface area (Å²) in [5.74, 6) is 0. The third-order valence-electron chi connectivity index (χ3n) is 2.65. The van der Waals surface area contributed by atoms with Gasteiger partial charge in [0.1, 0.15) is 16.1 Å². The molecule has 0 aliphatic carbocycles. The van der Waals surface area contributed by atoms with Crippen LogP contribution in [0.5, 0.6) is 0 Å². The van der Waals surface area contributed by atoms with Crippen molar-refractivity contribution in [2.24, 2.45) is 0 Å². The van der Waals surface area contributed by atoms with Gasteiger partial charge in [-0.05, 0) is 13.8 Å². The van der Waals surface area contributed by atoms with E-state index in [-0.39, 0.29) is 6.04 Å². The van der Waals surface area contributed by atoms with Gasteiger partial charge in [0.05, 0.1) is 12.3 Å². The van der Waals surface area contributed by atoms with Crippen LogP contribution >= 0.6 is 22.7 Å². The molecule has 1 unspecified atom stereocenters. The molecule has 0 saturated heterocycles. The van der Waals surface area contributed by atoms with Crippen molar-refractivity contribution in [3.05, 3.63) is 32.2 Å². The maximum absolute atomic E-state index is 5.08. The van der Waals surface area contributed by atoms with Gasteiger partial charge in [0, 0.05) is 30.1 Å². The largest absolute Gasteiger partial charge is 0.383 e. The number of hydrogen-bond acceptors (Lipinski definition) is 6. The van der Waals surface area contributed by atoms with Crippen LogP contribution in [0.4, 0.5) is 0 Å². The molecule has 1 atom stereocenters. The molecule has 0 fully saturated rings. The number of aryl methyl sites for hydroxylation is 2. The number of aromatic nitrogens is 2. The zero-order chi connectivity index (χ0) is 13.0. The molecular weight excluding hydrogens is 266 g/mol. The predicted octanol–water partition coefficient (Wildman–Crippen LogP) is 2.54. The molecule has 0 bridgehead atoms. The van der Waals surface area contributed by atoms with Gasteiger partial charge in [0.2, 0.25) is 0 Å². The number of hydrogen-bond donors (Lipinski definition) is 1. The highest BCUT2D eigenvalue weighted by molar-refractivity contribution is 7.12. The standard InChI is InChI=1S/C12H17N3OS2/c1-8-9(2)18-12(15-8)10(13-4-6-16-3)11-14-5-7-17-11/h5,7,10,13H,4,6H2,1-3H3. The summed E-state index contributed by atoms with van der Waals surface area (Å²) in [5.41, 5.74) is 1.10. The monoisotopic (exact) mass is 283 g/mol. The summed E-state index contributed by atoms with van der Waals surface area (Å²) in [7, 11) is 1.71. The van der Waals surface area contributed by atoms with Gasteiger partial charge >= 0.3 is 0 Å². The van der Waals surface area contributed by atoms with Crippen LogP contribution in [0.2, 0.25) is 0 Å². The summed E-state index contributed by atoms with van der Waals surface area (Å²) < 4.78 is 5.08. The second-order valence-electron chi connectivity index (χ2n) is 3.94. The maximum Gasteiger partial charge on any atom is 0.117 e. The fourth-order valence-electron chi connectivity index (χ4n) is 1.58. The first-order chi connectivity index (χ1) is 8.72. The predicted molar refractivity (Wildman–Crippen MR) is 75.4 cm³/mol. The zero-order valence-electron chi connectivity index (χ0n) is 10.8. The van der Waals surface area contributed by atoms with E-state index in [1.165, 1.54) is 4.88 Å². The van der Waals surface area contributed by atoms with E-state index in [9.17, 15) is 0 Å². The minimum Gasteiger partial charge on any atom is -0.383 e. The molecule has 98 valence electrons. The lowest BCUT2D eigenvalue weighted by Gasteiger charge is -2.13. The lowest BCUT2D eigenvalue weighted by atomic mass is 10.3. The first-order valence-electron chi connectivity index (χ1n) is 5.78. The van der Waals surface area contributed by atoms with Gasteiger partial charge in [-0.1, -0.05) is 0 Å². The lowest BCUT2D eigenvalue weighted by Crippen LogP contribution is -2.25. The van der Waals surface area contributed by atoms with Gasteiger partial charge in [0.15, 0.2) is 0 Å². The summed E-state index contributed by atoms with van der Waals surface area (Å²) in [4.78, 5) is 10.3. The molecule has 0 amide bonds. The molecule has 2 aromatic rings. The highest BCUT2D eigenvalue weighted by atomic mass is 32.1. The maximum atomic E-state index is 5.08. The molecule has 0 aliphatic rings. The minimum absolute atomic E-state index is 0.0811. The summed E-state index contributed by atoms with van der Waals surface area (Å²) in [6.07, 6.45) is 1.83. The molecule has 1 N–H and O–H groups in total. The van der Waals surface area contributed by atoms with E-state index in [1.807, 2.05) is 18.5 Å². The van der Waals surface area contributed by atoms with E-state index in [2.05, 4.69) is 22.2 Å². The van der Waals surface area contributed by atoms with E-state index in [0.29, 0.717) is 6.61 Å². The Morgan fingerprint density at radius 3 is 2.78 bits per heavy atom. The van der Waals surface area contributed by atoms with Gasteiger partial charge in [-0.2, -0.15) is 0 Å². The van der Waals surface area contributed by atoms with E-state index in [4.69, 9.17) is 4.74 Å². The highest BCUT2D eigenvalue weighted by Gasteiger charge is 2.20. The smallest absolute Gasteiger partial charge is 0.117 e. The lowest BCUT2D eigenvalue weighted by molar-refractivity contribution is 0.197. The number of ether oxygens (including phenoxy) is 1. The molecule has 2 rings (SSSR count). The van der Waals surface area contributed by atoms with Crippen LogP contribution in [0.25, 0.3) is 0 Å². The zero-order valence-corrected chi connectivity index (χ0v) is 12.4. The molecule has 0 saturated carbocycles. The van der Waals surface area contributed by atoms with Crippen molar-refractivity contribution in [3.63, 3.8) is 0 Å². The Hall–Kier alpha value is -0.820. The van der Waals surface area contributed by atoms with Crippen molar-refractivity contribution in [1.82, 2.24) is 15.3 Å². The van der Waals surface area contributed by atoms with E-state index < -0.39 is 0 Å². The van der Waals surface area contributed by atoms with Crippen LogP contribution in [0.3, 0.4) is 0 Å². The fraction of sp³-hybridized carbons (Fsp3) is 0.500. The summed E-state index contributed by atoms with van der Waals surface area (Å²) in [5, 5.41) is 7.58. The molecule has 0 spiro atoms. The second kappa shape index (κ2) is 6.38. The summed E-state index contributed by atoms with van der Waals surface area (Å²) >= 11 is 3.38. The molecule has 0 aliphatic heterocycles. The Bertz CT molecular complexity index is 462. The Labute approximate surface area is 115 Å². The number of nitrogens with zero attached hydrogens (tertiary/aromatic N) is 2. The fourth-order valence-corrected chi connectivity index (χ4v) is 3.37. The number of nitrogens with one attached hydrogen (secondary N) is 1. The first-order valence-corrected chi connectivity index (χ1v) is 7.47. The van der Waals surface area contributed by atoms with Gasteiger partial charge in [-0.3, -0.25) is 5.32 Å². The average Bonchev–Trinajstić information content (AvgIpc) is 2.96. The average molecular weight is 283 g/mol. The van der Waals surface area contributed by atoms with Gasteiger partial charge < -0.3 is 4.74 Å². The molecule has 2 heterocycles. The molecule has 0 aromatic carbocycles. The minimum atomic E-state index is 0.0811. The number of methoxy groups -OCH3 is 1. The molecule has 0 radical (unpaired) electrons. The normalized spacial score (nSPS) is 12.8. The highest BCUT2D eigenvalue weighted by Crippen LogP contribution is 2.28. The number of thiazole rings is 2. The van der Waals surface area contributed by atoms with Gasteiger partial charge in [0.25, 0.3) is 0 Å². The van der Waals surface area contributed by atoms with E-state index in [1.54, 1.807) is 29.8 Å². The Kier molecular flexibility index (Phi) is 4.82. The molecule has 6 heteroatoms. The molecule has 18 heavy (non-hydrogen) atoms. The van der Waals surface area contributed by atoms with Crippen molar-refractivity contribution in [1.29, 1.82) is 0 Å². The topological polar surface area (TPSA) is 47.0 Å². The van der Waals surface area contributed by atoms with E-state index in [0.717, 1.165) is 22.3 Å². The quantitative estimate of drug-likeness (QED) is 0.828. The van der Waals surface area contributed by atoms with Crippen LogP contribution in [-0.4, -0.2) is 30.2 Å². The van der Waals surface area contributed by atoms with Gasteiger partial charge in [-0.25, -0.2) is 9.97 Å². The van der Waals surface area contributed by atoms with Crippen molar-refractivity contribution < 1.29 is 4.74 Å². The Morgan fingerprint density at radius 2 is 2.22 bits per heavy atom. The van der Waals surface area contributed by atoms with Crippen LogP contribution in [0, 0.1) is 13.8 Å². The van der Waals surface area contributed by atoms with Crippen LogP contribution in [0.1, 0.15) is 26.6 Å². The molecule has 4 nitrogen and oxygen atoms in total. The van der Waals surface area contributed by atoms with Crippen molar-refractivity contribution >= 4 is 22.7 Å². The molecule has 2 aromatic heterocycles. The third kappa shape index (κ3) is 3.14. The molecular formula is C12H17N3OS2. The second-order valence-corrected chi connectivity index (χ2v) is 6.10. The van der Waals surface area contributed by atoms with Crippen molar-refractivity contribution in [2.75, 3.05) is 20.3 Å². The van der Waals surface area contributed by atoms with Crippen LogP contribution in [0.15, 0.2) is 11.6 Å². The van der Waals surface area contributed by atoms with Crippen LogP contribution in [-0.2, 0) is 4.74 Å².